The Hall–Kier alpha value is -1.95. The number of rotatable bonds is 4. The number of nitrogens with zero attached hydrogens (tertiary/aromatic N) is 3. The van der Waals surface area contributed by atoms with Gasteiger partial charge in [0.1, 0.15) is 5.82 Å². The van der Waals surface area contributed by atoms with Crippen LogP contribution in [0, 0.1) is 19.7 Å². The third-order valence-corrected chi connectivity index (χ3v) is 4.15. The highest BCUT2D eigenvalue weighted by atomic mass is 32.1. The van der Waals surface area contributed by atoms with E-state index >= 15 is 0 Å². The molecule has 0 saturated heterocycles. The van der Waals surface area contributed by atoms with Gasteiger partial charge in [0.2, 0.25) is 0 Å². The number of benzene rings is 1. The third-order valence-electron chi connectivity index (χ3n) is 3.33. The van der Waals surface area contributed by atoms with Crippen LogP contribution in [0.2, 0.25) is 0 Å². The molecule has 0 bridgehead atoms. The molecule has 0 radical (unpaired) electrons. The van der Waals surface area contributed by atoms with Gasteiger partial charge in [-0.2, -0.15) is 0 Å². The molecular weight excluding hydrogens is 299 g/mol. The first kappa shape index (κ1) is 16.4. The number of thiazole rings is 1. The summed E-state index contributed by atoms with van der Waals surface area (Å²) in [5.41, 5.74) is 2.57. The largest absolute Gasteiger partial charge is 0.352 e. The van der Waals surface area contributed by atoms with Crippen molar-refractivity contribution in [2.75, 3.05) is 14.1 Å². The Morgan fingerprint density at radius 1 is 1.41 bits per heavy atom. The maximum absolute atomic E-state index is 13.6. The number of aliphatic imine (C=N–C) groups is 1. The fourth-order valence-electron chi connectivity index (χ4n) is 2.11. The van der Waals surface area contributed by atoms with Crippen LogP contribution in [0.1, 0.15) is 21.8 Å². The minimum Gasteiger partial charge on any atom is -0.352 e. The molecular formula is C16H21FN4S. The van der Waals surface area contributed by atoms with Gasteiger partial charge < -0.3 is 10.2 Å². The minimum atomic E-state index is -0.180. The lowest BCUT2D eigenvalue weighted by Crippen LogP contribution is -2.38. The second-order valence-corrected chi connectivity index (χ2v) is 6.26. The fourth-order valence-corrected chi connectivity index (χ4v) is 2.71. The van der Waals surface area contributed by atoms with Gasteiger partial charge in [0.25, 0.3) is 0 Å². The molecule has 6 heteroatoms. The van der Waals surface area contributed by atoms with Crippen molar-refractivity contribution in [1.29, 1.82) is 0 Å². The highest BCUT2D eigenvalue weighted by Gasteiger charge is 2.09. The first-order valence-electron chi connectivity index (χ1n) is 7.07. The molecule has 0 aliphatic rings. The van der Waals surface area contributed by atoms with Crippen LogP contribution in [-0.4, -0.2) is 29.9 Å². The molecule has 1 N–H and O–H groups in total. The van der Waals surface area contributed by atoms with Gasteiger partial charge >= 0.3 is 0 Å². The van der Waals surface area contributed by atoms with Gasteiger partial charge in [-0.1, -0.05) is 12.1 Å². The molecule has 0 amide bonds. The van der Waals surface area contributed by atoms with E-state index in [0.29, 0.717) is 18.7 Å². The van der Waals surface area contributed by atoms with E-state index in [2.05, 4.69) is 20.7 Å². The molecule has 118 valence electrons. The van der Waals surface area contributed by atoms with E-state index in [1.54, 1.807) is 37.4 Å². The van der Waals surface area contributed by atoms with Crippen molar-refractivity contribution >= 4 is 17.3 Å². The van der Waals surface area contributed by atoms with Gasteiger partial charge in [-0.15, -0.1) is 11.3 Å². The lowest BCUT2D eigenvalue weighted by molar-refractivity contribution is 0.470. The summed E-state index contributed by atoms with van der Waals surface area (Å²) in [5.74, 6) is 0.576. The van der Waals surface area contributed by atoms with Crippen LogP contribution >= 0.6 is 11.3 Å². The number of hydrogen-bond donors (Lipinski definition) is 1. The van der Waals surface area contributed by atoms with Gasteiger partial charge in [0.15, 0.2) is 5.96 Å². The highest BCUT2D eigenvalue weighted by molar-refractivity contribution is 7.09. The Labute approximate surface area is 134 Å². The predicted octanol–water partition coefficient (Wildman–Crippen LogP) is 3.11. The maximum Gasteiger partial charge on any atom is 0.194 e. The first-order chi connectivity index (χ1) is 10.5. The fraction of sp³-hybridized carbons (Fsp3) is 0.375. The number of aromatic nitrogens is 1. The maximum atomic E-state index is 13.6. The van der Waals surface area contributed by atoms with Crippen LogP contribution < -0.4 is 5.32 Å². The van der Waals surface area contributed by atoms with Gasteiger partial charge in [-0.25, -0.2) is 9.37 Å². The monoisotopic (exact) mass is 320 g/mol. The summed E-state index contributed by atoms with van der Waals surface area (Å²) in [6, 6.07) is 5.26. The topological polar surface area (TPSA) is 40.5 Å². The normalized spacial score (nSPS) is 11.6. The molecule has 0 aliphatic carbocycles. The van der Waals surface area contributed by atoms with Crippen LogP contribution in [0.4, 0.5) is 4.39 Å². The zero-order valence-corrected chi connectivity index (χ0v) is 14.2. The number of nitrogens with one attached hydrogen (secondary N) is 1. The van der Waals surface area contributed by atoms with Gasteiger partial charge in [0, 0.05) is 26.0 Å². The second-order valence-electron chi connectivity index (χ2n) is 5.20. The van der Waals surface area contributed by atoms with E-state index in [0.717, 1.165) is 22.2 Å². The van der Waals surface area contributed by atoms with Crippen molar-refractivity contribution in [2.45, 2.75) is 26.9 Å². The lowest BCUT2D eigenvalue weighted by atomic mass is 10.1. The Bertz CT molecular complexity index is 666. The van der Waals surface area contributed by atoms with Gasteiger partial charge in [-0.3, -0.25) is 4.99 Å². The quantitative estimate of drug-likeness (QED) is 0.695. The standard InChI is InChI=1S/C16H21FN4S/c1-11-5-6-13(7-15(11)17)8-19-16(18-3)21(4)9-14-10-22-12(2)20-14/h5-7,10H,8-9H2,1-4H3,(H,18,19). The van der Waals surface area contributed by atoms with Crippen LogP contribution in [0.25, 0.3) is 0 Å². The van der Waals surface area contributed by atoms with Gasteiger partial charge in [-0.05, 0) is 31.0 Å². The van der Waals surface area contributed by atoms with Crippen LogP contribution in [0.3, 0.4) is 0 Å². The summed E-state index contributed by atoms with van der Waals surface area (Å²) >= 11 is 1.64. The summed E-state index contributed by atoms with van der Waals surface area (Å²) < 4.78 is 13.6. The van der Waals surface area contributed by atoms with Crippen molar-refractivity contribution < 1.29 is 4.39 Å². The number of halogens is 1. The van der Waals surface area contributed by atoms with Crippen LogP contribution in [-0.2, 0) is 13.1 Å². The van der Waals surface area contributed by atoms with E-state index in [1.807, 2.05) is 24.9 Å². The van der Waals surface area contributed by atoms with E-state index in [9.17, 15) is 4.39 Å². The molecule has 0 unspecified atom stereocenters. The summed E-state index contributed by atoms with van der Waals surface area (Å²) in [4.78, 5) is 10.7. The molecule has 1 heterocycles. The Morgan fingerprint density at radius 2 is 2.18 bits per heavy atom. The molecule has 1 aromatic carbocycles. The molecule has 0 spiro atoms. The van der Waals surface area contributed by atoms with Crippen LogP contribution in [0.15, 0.2) is 28.6 Å². The molecule has 2 rings (SSSR count). The zero-order chi connectivity index (χ0) is 16.1. The number of hydrogen-bond acceptors (Lipinski definition) is 3. The molecule has 0 saturated carbocycles. The predicted molar refractivity (Wildman–Crippen MR) is 89.7 cm³/mol. The van der Waals surface area contributed by atoms with Crippen molar-refractivity contribution in [3.63, 3.8) is 0 Å². The molecule has 22 heavy (non-hydrogen) atoms. The highest BCUT2D eigenvalue weighted by Crippen LogP contribution is 2.11. The Morgan fingerprint density at radius 3 is 2.77 bits per heavy atom. The van der Waals surface area contributed by atoms with Crippen molar-refractivity contribution in [3.05, 3.63) is 51.2 Å². The van der Waals surface area contributed by atoms with E-state index in [1.165, 1.54) is 0 Å². The second kappa shape index (κ2) is 7.35. The van der Waals surface area contributed by atoms with E-state index in [-0.39, 0.29) is 5.82 Å². The molecule has 0 aliphatic heterocycles. The smallest absolute Gasteiger partial charge is 0.194 e. The summed E-state index contributed by atoms with van der Waals surface area (Å²) in [6.45, 7) is 4.97. The van der Waals surface area contributed by atoms with Crippen molar-refractivity contribution in [3.8, 4) is 0 Å². The molecule has 0 atom stereocenters. The van der Waals surface area contributed by atoms with E-state index in [4.69, 9.17) is 0 Å². The summed E-state index contributed by atoms with van der Waals surface area (Å²) in [6.07, 6.45) is 0. The van der Waals surface area contributed by atoms with Gasteiger partial charge in [0.05, 0.1) is 17.2 Å². The zero-order valence-electron chi connectivity index (χ0n) is 13.4. The van der Waals surface area contributed by atoms with Crippen molar-refractivity contribution in [1.82, 2.24) is 15.2 Å². The molecule has 4 nitrogen and oxygen atoms in total. The summed E-state index contributed by atoms with van der Waals surface area (Å²) in [7, 11) is 3.70. The van der Waals surface area contributed by atoms with Crippen LogP contribution in [0.5, 0.6) is 0 Å². The SMILES string of the molecule is CN=C(NCc1ccc(C)c(F)c1)N(C)Cc1csc(C)n1. The lowest BCUT2D eigenvalue weighted by Gasteiger charge is -2.21. The number of aryl methyl sites for hydroxylation is 2. The molecule has 0 fully saturated rings. The molecule has 2 aromatic rings. The minimum absolute atomic E-state index is 0.180. The average Bonchev–Trinajstić information content (AvgIpc) is 2.88. The average molecular weight is 320 g/mol. The first-order valence-corrected chi connectivity index (χ1v) is 7.95. The molecule has 1 aromatic heterocycles. The Balaban J connectivity index is 1.95. The van der Waals surface area contributed by atoms with Crippen molar-refractivity contribution in [2.24, 2.45) is 4.99 Å². The number of guanidine groups is 1. The van der Waals surface area contributed by atoms with E-state index < -0.39 is 0 Å². The third kappa shape index (κ3) is 4.27. The Kier molecular flexibility index (Phi) is 5.49. The summed E-state index contributed by atoms with van der Waals surface area (Å²) in [5, 5.41) is 6.35.